The zero-order chi connectivity index (χ0) is 14.3. The van der Waals surface area contributed by atoms with Crippen LogP contribution in [-0.2, 0) is 6.42 Å². The number of nitrogens with two attached hydrogens (primary N) is 1. The molecule has 0 fully saturated rings. The molecule has 0 unspecified atom stereocenters. The Hall–Kier alpha value is -2.01. The molecule has 0 spiro atoms. The molecule has 2 aromatic carbocycles. The van der Waals surface area contributed by atoms with Gasteiger partial charge >= 0.3 is 0 Å². The summed E-state index contributed by atoms with van der Waals surface area (Å²) in [6.07, 6.45) is 0.823. The predicted molar refractivity (Wildman–Crippen MR) is 82.0 cm³/mol. The Bertz CT molecular complexity index is 700. The number of phenolic OH excluding ortho intramolecular Hbond substituents is 1. The Morgan fingerprint density at radius 2 is 2.05 bits per heavy atom. The van der Waals surface area contributed by atoms with Crippen LogP contribution in [0.1, 0.15) is 15.9 Å². The maximum absolute atomic E-state index is 12.5. The maximum Gasteiger partial charge on any atom is 0.258 e. The molecule has 0 saturated carbocycles. The van der Waals surface area contributed by atoms with E-state index in [1.165, 1.54) is 6.07 Å². The van der Waals surface area contributed by atoms with Gasteiger partial charge in [0.2, 0.25) is 0 Å². The molecule has 4 nitrogen and oxygen atoms in total. The number of carbonyl (C=O) groups excluding carboxylic acids is 1. The zero-order valence-electron chi connectivity index (χ0n) is 10.6. The fourth-order valence-corrected chi connectivity index (χ4v) is 2.66. The third-order valence-corrected chi connectivity index (χ3v) is 4.11. The molecule has 102 valence electrons. The van der Waals surface area contributed by atoms with Crippen molar-refractivity contribution in [3.05, 3.63) is 52.0 Å². The Morgan fingerprint density at radius 3 is 2.80 bits per heavy atom. The Labute approximate surface area is 125 Å². The monoisotopic (exact) mass is 332 g/mol. The number of anilines is 2. The largest absolute Gasteiger partial charge is 0.507 e. The number of nitrogens with zero attached hydrogens (tertiary/aromatic N) is 1. The molecule has 0 bridgehead atoms. The molecule has 0 aromatic heterocycles. The van der Waals surface area contributed by atoms with Crippen molar-refractivity contribution in [2.24, 2.45) is 0 Å². The summed E-state index contributed by atoms with van der Waals surface area (Å²) in [5.74, 6) is -0.0694. The van der Waals surface area contributed by atoms with Gasteiger partial charge in [-0.15, -0.1) is 0 Å². The number of hydrogen-bond acceptors (Lipinski definition) is 3. The van der Waals surface area contributed by atoms with E-state index in [1.807, 2.05) is 18.2 Å². The topological polar surface area (TPSA) is 66.6 Å². The molecule has 20 heavy (non-hydrogen) atoms. The molecule has 1 aliphatic heterocycles. The Morgan fingerprint density at radius 1 is 1.25 bits per heavy atom. The minimum Gasteiger partial charge on any atom is -0.507 e. The molecule has 1 aliphatic rings. The van der Waals surface area contributed by atoms with Crippen molar-refractivity contribution in [2.75, 3.05) is 17.2 Å². The summed E-state index contributed by atoms with van der Waals surface area (Å²) in [5, 5.41) is 9.69. The second-order valence-electron chi connectivity index (χ2n) is 4.76. The highest BCUT2D eigenvalue weighted by Gasteiger charge is 2.26. The van der Waals surface area contributed by atoms with Crippen LogP contribution in [0.3, 0.4) is 0 Å². The van der Waals surface area contributed by atoms with Crippen molar-refractivity contribution in [2.45, 2.75) is 6.42 Å². The van der Waals surface area contributed by atoms with Gasteiger partial charge in [0.1, 0.15) is 5.75 Å². The lowest BCUT2D eigenvalue weighted by molar-refractivity contribution is 0.0989. The smallest absolute Gasteiger partial charge is 0.258 e. The van der Waals surface area contributed by atoms with Crippen molar-refractivity contribution >= 4 is 33.2 Å². The average Bonchev–Trinajstić information content (AvgIpc) is 2.84. The lowest BCUT2D eigenvalue weighted by Gasteiger charge is -2.18. The lowest BCUT2D eigenvalue weighted by atomic mass is 10.1. The minimum atomic E-state index is -0.128. The van der Waals surface area contributed by atoms with Crippen LogP contribution in [0.2, 0.25) is 0 Å². The predicted octanol–water partition coefficient (Wildman–Crippen LogP) is 2.94. The molecule has 1 amide bonds. The van der Waals surface area contributed by atoms with E-state index in [1.54, 1.807) is 17.0 Å². The van der Waals surface area contributed by atoms with Gasteiger partial charge in [-0.25, -0.2) is 0 Å². The summed E-state index contributed by atoms with van der Waals surface area (Å²) in [4.78, 5) is 14.2. The first-order chi connectivity index (χ1) is 9.56. The summed E-state index contributed by atoms with van der Waals surface area (Å²) < 4.78 is 0.570. The second-order valence-corrected chi connectivity index (χ2v) is 5.62. The molecule has 0 atom stereocenters. The van der Waals surface area contributed by atoms with E-state index in [-0.39, 0.29) is 11.7 Å². The van der Waals surface area contributed by atoms with Crippen LogP contribution in [0.5, 0.6) is 5.75 Å². The van der Waals surface area contributed by atoms with Gasteiger partial charge < -0.3 is 15.7 Å². The number of carbonyl (C=O) groups is 1. The number of halogens is 1. The van der Waals surface area contributed by atoms with E-state index in [9.17, 15) is 9.90 Å². The molecular formula is C15H13BrN2O2. The molecule has 0 aliphatic carbocycles. The van der Waals surface area contributed by atoms with Crippen molar-refractivity contribution in [1.82, 2.24) is 0 Å². The number of nitrogen functional groups attached to an aromatic ring is 1. The maximum atomic E-state index is 12.5. The quantitative estimate of drug-likeness (QED) is 0.789. The first-order valence-corrected chi connectivity index (χ1v) is 7.04. The van der Waals surface area contributed by atoms with E-state index < -0.39 is 0 Å². The lowest BCUT2D eigenvalue weighted by Crippen LogP contribution is -2.28. The zero-order valence-corrected chi connectivity index (χ0v) is 12.2. The highest BCUT2D eigenvalue weighted by atomic mass is 79.9. The molecule has 5 heteroatoms. The van der Waals surface area contributed by atoms with Gasteiger partial charge in [-0.1, -0.05) is 6.07 Å². The number of aromatic hydroxyl groups is 1. The molecular weight excluding hydrogens is 320 g/mol. The Balaban J connectivity index is 1.97. The number of fused-ring (bicyclic) bond motifs is 1. The van der Waals surface area contributed by atoms with Crippen LogP contribution >= 0.6 is 15.9 Å². The van der Waals surface area contributed by atoms with Gasteiger partial charge in [0.25, 0.3) is 5.91 Å². The number of phenols is 1. The molecule has 0 radical (unpaired) electrons. The Kier molecular flexibility index (Phi) is 3.14. The second kappa shape index (κ2) is 4.83. The standard InChI is InChI=1S/C15H13BrN2O2/c16-12-4-2-10(7-14(12)19)15(20)18-6-5-9-1-3-11(17)8-13(9)18/h1-4,7-8,19H,5-6,17H2. The van der Waals surface area contributed by atoms with E-state index in [4.69, 9.17) is 5.73 Å². The number of hydrogen-bond donors (Lipinski definition) is 2. The number of benzene rings is 2. The van der Waals surface area contributed by atoms with E-state index >= 15 is 0 Å². The third kappa shape index (κ3) is 2.14. The van der Waals surface area contributed by atoms with Gasteiger partial charge in [-0.3, -0.25) is 4.79 Å². The van der Waals surface area contributed by atoms with Crippen molar-refractivity contribution in [1.29, 1.82) is 0 Å². The number of amides is 1. The molecule has 3 N–H and O–H groups in total. The van der Waals surface area contributed by atoms with Gasteiger partial charge in [-0.05, 0) is 58.2 Å². The van der Waals surface area contributed by atoms with Crippen LogP contribution in [0, 0.1) is 0 Å². The van der Waals surface area contributed by atoms with Crippen LogP contribution < -0.4 is 10.6 Å². The molecule has 3 rings (SSSR count). The SMILES string of the molecule is Nc1ccc2c(c1)N(C(=O)c1ccc(Br)c(O)c1)CC2. The van der Waals surface area contributed by atoms with Gasteiger partial charge in [0.05, 0.1) is 4.47 Å². The van der Waals surface area contributed by atoms with E-state index in [2.05, 4.69) is 15.9 Å². The van der Waals surface area contributed by atoms with Crippen molar-refractivity contribution in [3.63, 3.8) is 0 Å². The van der Waals surface area contributed by atoms with Crippen molar-refractivity contribution in [3.8, 4) is 5.75 Å². The highest BCUT2D eigenvalue weighted by molar-refractivity contribution is 9.10. The fourth-order valence-electron chi connectivity index (χ4n) is 2.41. The van der Waals surface area contributed by atoms with Crippen LogP contribution in [0.4, 0.5) is 11.4 Å². The molecule has 1 heterocycles. The normalized spacial score (nSPS) is 13.3. The summed E-state index contributed by atoms with van der Waals surface area (Å²) in [7, 11) is 0. The van der Waals surface area contributed by atoms with Gasteiger partial charge in [0.15, 0.2) is 0 Å². The number of rotatable bonds is 1. The minimum absolute atomic E-state index is 0.0582. The first-order valence-electron chi connectivity index (χ1n) is 6.25. The van der Waals surface area contributed by atoms with Gasteiger partial charge in [0, 0.05) is 23.5 Å². The fraction of sp³-hybridized carbons (Fsp3) is 0.133. The van der Waals surface area contributed by atoms with Crippen LogP contribution in [0.15, 0.2) is 40.9 Å². The summed E-state index contributed by atoms with van der Waals surface area (Å²) in [5.41, 5.74) is 8.87. The third-order valence-electron chi connectivity index (χ3n) is 3.44. The summed E-state index contributed by atoms with van der Waals surface area (Å²) in [6, 6.07) is 10.4. The van der Waals surface area contributed by atoms with E-state index in [0.717, 1.165) is 17.7 Å². The molecule has 0 saturated heterocycles. The summed E-state index contributed by atoms with van der Waals surface area (Å²) in [6.45, 7) is 0.633. The van der Waals surface area contributed by atoms with Crippen LogP contribution in [0.25, 0.3) is 0 Å². The molecule has 2 aromatic rings. The van der Waals surface area contributed by atoms with Gasteiger partial charge in [-0.2, -0.15) is 0 Å². The highest BCUT2D eigenvalue weighted by Crippen LogP contribution is 2.32. The summed E-state index contributed by atoms with van der Waals surface area (Å²) >= 11 is 3.21. The van der Waals surface area contributed by atoms with Crippen LogP contribution in [-0.4, -0.2) is 17.6 Å². The average molecular weight is 333 g/mol. The first kappa shape index (κ1) is 13.0. The van der Waals surface area contributed by atoms with Crippen molar-refractivity contribution < 1.29 is 9.90 Å². The van der Waals surface area contributed by atoms with E-state index in [0.29, 0.717) is 22.3 Å².